The molecule has 4 heterocycles. The normalized spacial score (nSPS) is 26.6. The van der Waals surface area contributed by atoms with Crippen molar-refractivity contribution in [2.75, 3.05) is 44.6 Å². The molecule has 11 nitrogen and oxygen atoms in total. The molecule has 3 amide bonds. The summed E-state index contributed by atoms with van der Waals surface area (Å²) >= 11 is 3.32. The highest BCUT2D eigenvalue weighted by Gasteiger charge is 2.52. The van der Waals surface area contributed by atoms with Crippen LogP contribution in [0.3, 0.4) is 0 Å². The summed E-state index contributed by atoms with van der Waals surface area (Å²) in [4.78, 5) is 48.2. The van der Waals surface area contributed by atoms with Crippen LogP contribution < -0.4 is 5.32 Å². The van der Waals surface area contributed by atoms with Crippen LogP contribution in [0, 0.1) is 0 Å². The number of aliphatic hydroxyl groups is 1. The van der Waals surface area contributed by atoms with Crippen LogP contribution in [0.4, 0.5) is 15.3 Å². The molecular formula is C34H44BrN5O6. The Bertz CT molecular complexity index is 1420. The Morgan fingerprint density at radius 3 is 2.59 bits per heavy atom. The number of para-hydroxylation sites is 1. The number of urea groups is 1. The lowest BCUT2D eigenvalue weighted by Gasteiger charge is -2.57. The van der Waals surface area contributed by atoms with Crippen LogP contribution in [0.25, 0.3) is 0 Å². The summed E-state index contributed by atoms with van der Waals surface area (Å²) < 4.78 is 6.37. The zero-order valence-electron chi connectivity index (χ0n) is 26.2. The minimum atomic E-state index is -0.955. The second kappa shape index (κ2) is 14.3. The van der Waals surface area contributed by atoms with Crippen LogP contribution in [0.2, 0.25) is 0 Å². The topological polar surface area (TPSA) is 126 Å². The van der Waals surface area contributed by atoms with E-state index in [1.54, 1.807) is 23.1 Å². The van der Waals surface area contributed by atoms with E-state index in [9.17, 15) is 24.6 Å². The monoisotopic (exact) mass is 697 g/mol. The van der Waals surface area contributed by atoms with E-state index in [2.05, 4.69) is 31.0 Å². The molecule has 3 fully saturated rings. The Kier molecular flexibility index (Phi) is 10.2. The van der Waals surface area contributed by atoms with Crippen molar-refractivity contribution in [3.8, 4) is 5.75 Å². The number of β-amino-alcohol motifs (C(OH)–C–C–N with tert-alkyl or cyclic N) is 1. The first-order chi connectivity index (χ1) is 22.3. The predicted octanol–water partition coefficient (Wildman–Crippen LogP) is 4.55. The van der Waals surface area contributed by atoms with Gasteiger partial charge in [-0.3, -0.25) is 14.7 Å². The molecule has 4 aliphatic heterocycles. The summed E-state index contributed by atoms with van der Waals surface area (Å²) in [7, 11) is 0. The second-order valence-electron chi connectivity index (χ2n) is 13.0. The van der Waals surface area contributed by atoms with Crippen molar-refractivity contribution < 1.29 is 29.3 Å². The number of fused-ring (bicyclic) bond motifs is 1. The molecule has 4 aliphatic rings. The van der Waals surface area contributed by atoms with Gasteiger partial charge < -0.3 is 30.0 Å². The molecule has 0 spiro atoms. The quantitative estimate of drug-likeness (QED) is 0.360. The fraction of sp³-hybridized carbons (Fsp3) is 0.559. The largest absolute Gasteiger partial charge is 0.507 e. The van der Waals surface area contributed by atoms with E-state index in [1.807, 2.05) is 29.2 Å². The molecule has 3 atom stereocenters. The maximum atomic E-state index is 13.9. The van der Waals surface area contributed by atoms with E-state index in [0.29, 0.717) is 62.5 Å². The van der Waals surface area contributed by atoms with Crippen LogP contribution in [0.15, 0.2) is 46.9 Å². The van der Waals surface area contributed by atoms with Crippen molar-refractivity contribution in [1.82, 2.24) is 19.6 Å². The number of halogens is 1. The molecule has 6 rings (SSSR count). The molecule has 0 aromatic heterocycles. The number of carbonyl (C=O) groups is 3. The van der Waals surface area contributed by atoms with Gasteiger partial charge in [-0.1, -0.05) is 24.3 Å². The van der Waals surface area contributed by atoms with Gasteiger partial charge >= 0.3 is 12.1 Å². The molecular weight excluding hydrogens is 654 g/mol. The fourth-order valence-electron chi connectivity index (χ4n) is 7.92. The van der Waals surface area contributed by atoms with Crippen molar-refractivity contribution in [2.45, 2.75) is 81.8 Å². The van der Waals surface area contributed by atoms with E-state index in [1.165, 1.54) is 0 Å². The maximum Gasteiger partial charge on any atom is 0.411 e. The number of hydrogen-bond acceptors (Lipinski definition) is 8. The highest BCUT2D eigenvalue weighted by atomic mass is 79.9. The second-order valence-corrected chi connectivity index (χ2v) is 13.9. The number of ether oxygens (including phenoxy) is 1. The summed E-state index contributed by atoms with van der Waals surface area (Å²) in [6, 6.07) is 12.8. The first kappa shape index (κ1) is 32.7. The van der Waals surface area contributed by atoms with Crippen molar-refractivity contribution in [2.24, 2.45) is 0 Å². The van der Waals surface area contributed by atoms with Gasteiger partial charge in [-0.15, -0.1) is 0 Å². The number of aromatic hydroxyl groups is 1. The van der Waals surface area contributed by atoms with Gasteiger partial charge in [0.15, 0.2) is 0 Å². The number of likely N-dealkylation sites (tertiary alicyclic amines) is 3. The zero-order valence-corrected chi connectivity index (χ0v) is 27.7. The number of rotatable bonds is 7. The van der Waals surface area contributed by atoms with Crippen molar-refractivity contribution in [3.05, 3.63) is 58.1 Å². The Balaban J connectivity index is 1.24. The van der Waals surface area contributed by atoms with Crippen molar-refractivity contribution >= 4 is 40.0 Å². The van der Waals surface area contributed by atoms with Crippen LogP contribution in [-0.4, -0.2) is 111 Å². The maximum absolute atomic E-state index is 13.9. The fourth-order valence-corrected chi connectivity index (χ4v) is 8.35. The standard InChI is InChI=1S/C34H44BrN5O6/c35-29-20-24(7-8-31(29)43)23-46-33(45)40-18-12-27(39-17-9-25-4-1-2-6-30(25)36-32(39)44)21-34(40,13-19-41)38-15-10-26(11-16-38)37-14-3-5-28(42)22-37/h1-2,4,6-8,19-20,26-28,42-43H,3,5,9-18,21-23H2,(H,36,44)/t27-,28-,34-/m0/s1. The summed E-state index contributed by atoms with van der Waals surface area (Å²) in [6.45, 7) is 3.93. The first-order valence-electron chi connectivity index (χ1n) is 16.5. The lowest BCUT2D eigenvalue weighted by molar-refractivity contribution is -0.129. The number of piperidine rings is 3. The van der Waals surface area contributed by atoms with Crippen molar-refractivity contribution in [3.63, 3.8) is 0 Å². The molecule has 0 aliphatic carbocycles. The molecule has 2 aromatic carbocycles. The third-order valence-corrected chi connectivity index (χ3v) is 11.0. The SMILES string of the molecule is O=CC[C@@]1(N2CCC(N3CCC[C@H](O)C3)CC2)C[C@@H](N2CCc3ccccc3NC2=O)CCN1C(=O)OCc1ccc(O)c(Br)c1. The molecule has 0 bridgehead atoms. The van der Waals surface area contributed by atoms with Gasteiger partial charge in [0.05, 0.1) is 10.6 Å². The van der Waals surface area contributed by atoms with E-state index in [-0.39, 0.29) is 37.0 Å². The number of aldehydes is 1. The molecule has 46 heavy (non-hydrogen) atoms. The van der Waals surface area contributed by atoms with Crippen LogP contribution in [0.5, 0.6) is 5.75 Å². The smallest absolute Gasteiger partial charge is 0.411 e. The van der Waals surface area contributed by atoms with Gasteiger partial charge in [0.2, 0.25) is 0 Å². The number of nitrogens with one attached hydrogen (secondary N) is 1. The molecule has 0 radical (unpaired) electrons. The lowest BCUT2D eigenvalue weighted by atomic mass is 9.84. The number of aliphatic hydroxyl groups excluding tert-OH is 1. The number of benzene rings is 2. The molecule has 3 N–H and O–H groups in total. The third-order valence-electron chi connectivity index (χ3n) is 10.3. The molecule has 0 unspecified atom stereocenters. The van der Waals surface area contributed by atoms with E-state index < -0.39 is 11.8 Å². The molecule has 248 valence electrons. The minimum absolute atomic E-state index is 0.0148. The Hall–Kier alpha value is -3.19. The molecule has 3 saturated heterocycles. The molecule has 2 aromatic rings. The summed E-state index contributed by atoms with van der Waals surface area (Å²) in [5, 5.41) is 23.3. The Morgan fingerprint density at radius 1 is 1.04 bits per heavy atom. The average Bonchev–Trinajstić information content (AvgIpc) is 3.23. The van der Waals surface area contributed by atoms with Gasteiger partial charge in [-0.05, 0) is 90.3 Å². The number of nitrogens with zero attached hydrogens (tertiary/aromatic N) is 4. The average molecular weight is 699 g/mol. The highest BCUT2D eigenvalue weighted by molar-refractivity contribution is 9.10. The van der Waals surface area contributed by atoms with Gasteiger partial charge in [0.1, 0.15) is 24.3 Å². The highest BCUT2D eigenvalue weighted by Crippen LogP contribution is 2.40. The first-order valence-corrected chi connectivity index (χ1v) is 17.2. The zero-order chi connectivity index (χ0) is 32.3. The number of amides is 3. The van der Waals surface area contributed by atoms with Crippen LogP contribution in [0.1, 0.15) is 56.1 Å². The minimum Gasteiger partial charge on any atom is -0.507 e. The molecule has 0 saturated carbocycles. The van der Waals surface area contributed by atoms with Crippen LogP contribution >= 0.6 is 15.9 Å². The van der Waals surface area contributed by atoms with E-state index >= 15 is 0 Å². The number of carbonyl (C=O) groups excluding carboxylic acids is 3. The lowest BCUT2D eigenvalue weighted by Crippen LogP contribution is -2.70. The van der Waals surface area contributed by atoms with Gasteiger partial charge in [0.25, 0.3) is 0 Å². The third kappa shape index (κ3) is 6.90. The van der Waals surface area contributed by atoms with Gasteiger partial charge in [0, 0.05) is 63.3 Å². The van der Waals surface area contributed by atoms with Crippen molar-refractivity contribution in [1.29, 1.82) is 0 Å². The number of phenolic OH excluding ortho intramolecular Hbond substituents is 1. The number of anilines is 1. The summed E-state index contributed by atoms with van der Waals surface area (Å²) in [6.07, 6.45) is 5.46. The van der Waals surface area contributed by atoms with Gasteiger partial charge in [-0.25, -0.2) is 9.59 Å². The van der Waals surface area contributed by atoms with Crippen LogP contribution in [-0.2, 0) is 22.6 Å². The number of phenols is 1. The van der Waals surface area contributed by atoms with E-state index in [4.69, 9.17) is 4.74 Å². The van der Waals surface area contributed by atoms with E-state index in [0.717, 1.165) is 55.3 Å². The summed E-state index contributed by atoms with van der Waals surface area (Å²) in [5.41, 5.74) is 1.67. The Morgan fingerprint density at radius 2 is 1.83 bits per heavy atom. The van der Waals surface area contributed by atoms with Gasteiger partial charge in [-0.2, -0.15) is 0 Å². The number of hydrogen-bond donors (Lipinski definition) is 3. The molecule has 12 heteroatoms. The Labute approximate surface area is 278 Å². The summed E-state index contributed by atoms with van der Waals surface area (Å²) in [5.74, 6) is 0.102. The predicted molar refractivity (Wildman–Crippen MR) is 176 cm³/mol.